The lowest BCUT2D eigenvalue weighted by Crippen LogP contribution is -2.35. The van der Waals surface area contributed by atoms with Crippen molar-refractivity contribution >= 4 is 17.4 Å². The van der Waals surface area contributed by atoms with Gasteiger partial charge in [-0.3, -0.25) is 4.79 Å². The number of piperidine rings is 1. The molecule has 0 aliphatic carbocycles. The van der Waals surface area contributed by atoms with E-state index < -0.39 is 0 Å². The number of amides is 1. The van der Waals surface area contributed by atoms with E-state index in [0.717, 1.165) is 30.2 Å². The normalized spacial score (nSPS) is 17.6. The first-order chi connectivity index (χ1) is 11.5. The van der Waals surface area contributed by atoms with Crippen LogP contribution < -0.4 is 10.2 Å². The minimum Gasteiger partial charge on any atom is -0.355 e. The molecule has 5 nitrogen and oxygen atoms in total. The van der Waals surface area contributed by atoms with Crippen LogP contribution in [0, 0.1) is 19.8 Å². The summed E-state index contributed by atoms with van der Waals surface area (Å²) < 4.78 is 0. The summed E-state index contributed by atoms with van der Waals surface area (Å²) in [5, 5.41) is 2.90. The van der Waals surface area contributed by atoms with E-state index in [9.17, 15) is 4.79 Å². The smallest absolute Gasteiger partial charge is 0.275 e. The number of hydrogen-bond donors (Lipinski definition) is 1. The topological polar surface area (TPSA) is 58.1 Å². The van der Waals surface area contributed by atoms with E-state index in [4.69, 9.17) is 0 Å². The SMILES string of the molecule is Cc1ccc(NC(=O)c2cnc(N3CCCC(C)C3)cn2)c(C)c1. The zero-order chi connectivity index (χ0) is 17.1. The Morgan fingerprint density at radius 1 is 1.25 bits per heavy atom. The minimum absolute atomic E-state index is 0.229. The largest absolute Gasteiger partial charge is 0.355 e. The van der Waals surface area contributed by atoms with Crippen LogP contribution >= 0.6 is 0 Å². The van der Waals surface area contributed by atoms with E-state index in [1.54, 1.807) is 12.4 Å². The zero-order valence-electron chi connectivity index (χ0n) is 14.5. The Morgan fingerprint density at radius 3 is 2.75 bits per heavy atom. The maximum atomic E-state index is 12.4. The lowest BCUT2D eigenvalue weighted by molar-refractivity contribution is 0.102. The van der Waals surface area contributed by atoms with E-state index in [1.165, 1.54) is 18.4 Å². The fourth-order valence-electron chi connectivity index (χ4n) is 3.14. The van der Waals surface area contributed by atoms with Crippen LogP contribution in [0.1, 0.15) is 41.4 Å². The molecule has 2 aromatic rings. The van der Waals surface area contributed by atoms with Gasteiger partial charge in [0.25, 0.3) is 5.91 Å². The molecule has 24 heavy (non-hydrogen) atoms. The van der Waals surface area contributed by atoms with E-state index >= 15 is 0 Å². The van der Waals surface area contributed by atoms with Gasteiger partial charge in [-0.15, -0.1) is 0 Å². The van der Waals surface area contributed by atoms with Crippen LogP contribution in [0.15, 0.2) is 30.6 Å². The molecule has 0 radical (unpaired) electrons. The molecule has 1 aliphatic rings. The molecule has 126 valence electrons. The number of hydrogen-bond acceptors (Lipinski definition) is 4. The summed E-state index contributed by atoms with van der Waals surface area (Å²) in [6, 6.07) is 5.94. The van der Waals surface area contributed by atoms with Gasteiger partial charge >= 0.3 is 0 Å². The molecule has 0 bridgehead atoms. The van der Waals surface area contributed by atoms with E-state index in [0.29, 0.717) is 11.6 Å². The molecule has 0 spiro atoms. The van der Waals surface area contributed by atoms with Crippen LogP contribution in [-0.2, 0) is 0 Å². The van der Waals surface area contributed by atoms with Gasteiger partial charge in [0.15, 0.2) is 0 Å². The Labute approximate surface area is 143 Å². The Balaban J connectivity index is 1.69. The molecule has 1 atom stereocenters. The van der Waals surface area contributed by atoms with Gasteiger partial charge in [-0.25, -0.2) is 9.97 Å². The maximum absolute atomic E-state index is 12.4. The van der Waals surface area contributed by atoms with E-state index in [1.807, 2.05) is 32.0 Å². The number of carbonyl (C=O) groups excluding carboxylic acids is 1. The third-order valence-corrected chi connectivity index (χ3v) is 4.48. The minimum atomic E-state index is -0.229. The highest BCUT2D eigenvalue weighted by molar-refractivity contribution is 6.03. The average molecular weight is 324 g/mol. The molecular weight excluding hydrogens is 300 g/mol. The van der Waals surface area contributed by atoms with Gasteiger partial charge < -0.3 is 10.2 Å². The lowest BCUT2D eigenvalue weighted by atomic mass is 10.0. The second-order valence-corrected chi connectivity index (χ2v) is 6.73. The van der Waals surface area contributed by atoms with Crippen LogP contribution in [0.5, 0.6) is 0 Å². The van der Waals surface area contributed by atoms with Crippen molar-refractivity contribution in [3.63, 3.8) is 0 Å². The number of aryl methyl sites for hydroxylation is 2. The third-order valence-electron chi connectivity index (χ3n) is 4.48. The second kappa shape index (κ2) is 6.99. The number of nitrogens with zero attached hydrogens (tertiary/aromatic N) is 3. The molecule has 1 aromatic carbocycles. The molecule has 2 heterocycles. The Kier molecular flexibility index (Phi) is 4.79. The number of anilines is 2. The quantitative estimate of drug-likeness (QED) is 0.937. The molecule has 1 aromatic heterocycles. The molecule has 1 fully saturated rings. The number of rotatable bonds is 3. The Bertz CT molecular complexity index is 727. The highest BCUT2D eigenvalue weighted by Crippen LogP contribution is 2.21. The van der Waals surface area contributed by atoms with Gasteiger partial charge in [0.2, 0.25) is 0 Å². The van der Waals surface area contributed by atoms with Crippen LogP contribution in [0.2, 0.25) is 0 Å². The van der Waals surface area contributed by atoms with Gasteiger partial charge in [0.1, 0.15) is 11.5 Å². The van der Waals surface area contributed by atoms with E-state index in [-0.39, 0.29) is 5.91 Å². The summed E-state index contributed by atoms with van der Waals surface area (Å²) in [5.74, 6) is 1.30. The van der Waals surface area contributed by atoms with Gasteiger partial charge in [0, 0.05) is 18.8 Å². The summed E-state index contributed by atoms with van der Waals surface area (Å²) in [5.41, 5.74) is 3.35. The summed E-state index contributed by atoms with van der Waals surface area (Å²) in [7, 11) is 0. The van der Waals surface area contributed by atoms with Crippen molar-refractivity contribution in [2.45, 2.75) is 33.6 Å². The molecule has 1 unspecified atom stereocenters. The van der Waals surface area contributed by atoms with Gasteiger partial charge in [-0.1, -0.05) is 24.6 Å². The van der Waals surface area contributed by atoms with Crippen LogP contribution in [0.4, 0.5) is 11.5 Å². The zero-order valence-corrected chi connectivity index (χ0v) is 14.5. The molecule has 0 saturated carbocycles. The molecule has 1 amide bonds. The van der Waals surface area contributed by atoms with Crippen molar-refractivity contribution in [1.82, 2.24) is 9.97 Å². The summed E-state index contributed by atoms with van der Waals surface area (Å²) >= 11 is 0. The molecule has 1 aliphatic heterocycles. The van der Waals surface area contributed by atoms with Crippen molar-refractivity contribution in [3.8, 4) is 0 Å². The summed E-state index contributed by atoms with van der Waals surface area (Å²) in [6.45, 7) is 8.28. The molecule has 1 saturated heterocycles. The first-order valence-electron chi connectivity index (χ1n) is 8.48. The Hall–Kier alpha value is -2.43. The number of nitrogens with one attached hydrogen (secondary N) is 1. The van der Waals surface area contributed by atoms with Crippen LogP contribution in [-0.4, -0.2) is 29.0 Å². The average Bonchev–Trinajstić information content (AvgIpc) is 2.57. The van der Waals surface area contributed by atoms with Crippen molar-refractivity contribution in [2.75, 3.05) is 23.3 Å². The van der Waals surface area contributed by atoms with Crippen LogP contribution in [0.25, 0.3) is 0 Å². The number of carbonyl (C=O) groups is 1. The molecule has 5 heteroatoms. The van der Waals surface area contributed by atoms with Gasteiger partial charge in [-0.2, -0.15) is 0 Å². The first-order valence-corrected chi connectivity index (χ1v) is 8.48. The summed E-state index contributed by atoms with van der Waals surface area (Å²) in [6.07, 6.45) is 5.71. The lowest BCUT2D eigenvalue weighted by Gasteiger charge is -2.31. The van der Waals surface area contributed by atoms with Crippen molar-refractivity contribution < 1.29 is 4.79 Å². The van der Waals surface area contributed by atoms with Crippen molar-refractivity contribution in [2.24, 2.45) is 5.92 Å². The second-order valence-electron chi connectivity index (χ2n) is 6.73. The first kappa shape index (κ1) is 16.4. The van der Waals surface area contributed by atoms with Gasteiger partial charge in [-0.05, 0) is 44.2 Å². The predicted octanol–water partition coefficient (Wildman–Crippen LogP) is 3.58. The highest BCUT2D eigenvalue weighted by atomic mass is 16.1. The van der Waals surface area contributed by atoms with Crippen molar-refractivity contribution in [3.05, 3.63) is 47.4 Å². The number of aromatic nitrogens is 2. The highest BCUT2D eigenvalue weighted by Gasteiger charge is 2.18. The molecular formula is C19H24N4O. The molecule has 1 N–H and O–H groups in total. The fraction of sp³-hybridized carbons (Fsp3) is 0.421. The maximum Gasteiger partial charge on any atom is 0.275 e. The summed E-state index contributed by atoms with van der Waals surface area (Å²) in [4.78, 5) is 23.4. The standard InChI is InChI=1S/C19H24N4O/c1-13-6-7-16(15(3)9-13)22-19(24)17-10-21-18(11-20-17)23-8-4-5-14(2)12-23/h6-7,9-11,14H,4-5,8,12H2,1-3H3,(H,22,24). The fourth-order valence-corrected chi connectivity index (χ4v) is 3.14. The third kappa shape index (κ3) is 3.72. The number of benzene rings is 1. The van der Waals surface area contributed by atoms with E-state index in [2.05, 4.69) is 27.1 Å². The Morgan fingerprint density at radius 2 is 2.08 bits per heavy atom. The van der Waals surface area contributed by atoms with Crippen molar-refractivity contribution in [1.29, 1.82) is 0 Å². The monoisotopic (exact) mass is 324 g/mol. The van der Waals surface area contributed by atoms with Gasteiger partial charge in [0.05, 0.1) is 12.4 Å². The molecule has 3 rings (SSSR count). The van der Waals surface area contributed by atoms with Crippen LogP contribution in [0.3, 0.4) is 0 Å². The predicted molar refractivity (Wildman–Crippen MR) is 96.5 cm³/mol.